The first-order valence-corrected chi connectivity index (χ1v) is 5.54. The normalized spacial score (nSPS) is 10.9. The van der Waals surface area contributed by atoms with E-state index >= 15 is 0 Å². The topological polar surface area (TPSA) is 43.3 Å². The minimum Gasteiger partial charge on any atom is -0.398 e. The summed E-state index contributed by atoms with van der Waals surface area (Å²) >= 11 is 0. The first-order valence-electron chi connectivity index (χ1n) is 5.54. The van der Waals surface area contributed by atoms with E-state index in [9.17, 15) is 0 Å². The molecule has 0 aliphatic rings. The first-order chi connectivity index (χ1) is 8.24. The summed E-state index contributed by atoms with van der Waals surface area (Å²) in [5.74, 6) is 0. The number of fused-ring (bicyclic) bond motifs is 1. The van der Waals surface area contributed by atoms with Crippen LogP contribution in [0.5, 0.6) is 0 Å². The molecule has 3 nitrogen and oxygen atoms in total. The predicted octanol–water partition coefficient (Wildman–Crippen LogP) is 2.89. The Bertz CT molecular complexity index is 683. The summed E-state index contributed by atoms with van der Waals surface area (Å²) in [6.07, 6.45) is 4.01. The van der Waals surface area contributed by atoms with Crippen LogP contribution in [0.25, 0.3) is 16.9 Å². The zero-order valence-corrected chi connectivity index (χ0v) is 9.59. The lowest BCUT2D eigenvalue weighted by atomic mass is 10.1. The minimum absolute atomic E-state index is 0.757. The second-order valence-corrected chi connectivity index (χ2v) is 4.18. The third kappa shape index (κ3) is 1.65. The van der Waals surface area contributed by atoms with Crippen LogP contribution < -0.4 is 5.73 Å². The highest BCUT2D eigenvalue weighted by Gasteiger charge is 2.06. The summed E-state index contributed by atoms with van der Waals surface area (Å²) in [6.45, 7) is 2.06. The van der Waals surface area contributed by atoms with Crippen molar-refractivity contribution >= 4 is 11.3 Å². The molecule has 3 rings (SSSR count). The number of nitrogens with zero attached hydrogens (tertiary/aromatic N) is 2. The first kappa shape index (κ1) is 9.90. The molecule has 0 amide bonds. The molecule has 17 heavy (non-hydrogen) atoms. The number of aromatic nitrogens is 2. The van der Waals surface area contributed by atoms with Crippen LogP contribution in [0.15, 0.2) is 48.8 Å². The molecule has 0 radical (unpaired) electrons. The number of benzene rings is 1. The van der Waals surface area contributed by atoms with Gasteiger partial charge in [-0.25, -0.2) is 4.98 Å². The number of hydrogen-bond acceptors (Lipinski definition) is 2. The SMILES string of the molecule is Cc1ccn2cc(-c3ccccc3N)nc2c1. The van der Waals surface area contributed by atoms with E-state index in [2.05, 4.69) is 24.0 Å². The van der Waals surface area contributed by atoms with Gasteiger partial charge in [0.05, 0.1) is 5.69 Å². The molecule has 3 heteroatoms. The number of hydrogen-bond donors (Lipinski definition) is 1. The van der Waals surface area contributed by atoms with Crippen LogP contribution in [0, 0.1) is 6.92 Å². The zero-order chi connectivity index (χ0) is 11.8. The fourth-order valence-corrected chi connectivity index (χ4v) is 1.94. The molecular formula is C14H13N3. The van der Waals surface area contributed by atoms with Gasteiger partial charge in [-0.2, -0.15) is 0 Å². The molecule has 2 heterocycles. The molecule has 0 aliphatic heterocycles. The van der Waals surface area contributed by atoms with Gasteiger partial charge in [0.15, 0.2) is 0 Å². The van der Waals surface area contributed by atoms with Gasteiger partial charge in [0, 0.05) is 23.6 Å². The molecule has 1 aromatic carbocycles. The third-order valence-corrected chi connectivity index (χ3v) is 2.85. The van der Waals surface area contributed by atoms with Crippen molar-refractivity contribution in [1.82, 2.24) is 9.38 Å². The van der Waals surface area contributed by atoms with Crippen LogP contribution >= 0.6 is 0 Å². The maximum atomic E-state index is 5.96. The summed E-state index contributed by atoms with van der Waals surface area (Å²) in [6, 6.07) is 11.9. The van der Waals surface area contributed by atoms with Gasteiger partial charge >= 0.3 is 0 Å². The lowest BCUT2D eigenvalue weighted by Gasteiger charge is -1.99. The van der Waals surface area contributed by atoms with E-state index in [1.54, 1.807) is 0 Å². The van der Waals surface area contributed by atoms with Crippen molar-refractivity contribution in [3.63, 3.8) is 0 Å². The Morgan fingerprint density at radius 2 is 2.00 bits per heavy atom. The Morgan fingerprint density at radius 3 is 2.82 bits per heavy atom. The maximum Gasteiger partial charge on any atom is 0.137 e. The monoisotopic (exact) mass is 223 g/mol. The Morgan fingerprint density at radius 1 is 1.18 bits per heavy atom. The Kier molecular flexibility index (Phi) is 2.11. The van der Waals surface area contributed by atoms with E-state index in [1.807, 2.05) is 41.1 Å². The van der Waals surface area contributed by atoms with Gasteiger partial charge < -0.3 is 10.1 Å². The minimum atomic E-state index is 0.757. The van der Waals surface area contributed by atoms with E-state index in [-0.39, 0.29) is 0 Å². The average Bonchev–Trinajstić information content (AvgIpc) is 2.72. The third-order valence-electron chi connectivity index (χ3n) is 2.85. The molecule has 0 saturated carbocycles. The number of pyridine rings is 1. The molecule has 0 atom stereocenters. The molecule has 2 aromatic heterocycles. The van der Waals surface area contributed by atoms with Crippen LogP contribution in [0.2, 0.25) is 0 Å². The van der Waals surface area contributed by atoms with Crippen LogP contribution in [-0.2, 0) is 0 Å². The Balaban J connectivity index is 2.22. The molecule has 0 spiro atoms. The van der Waals surface area contributed by atoms with E-state index in [4.69, 9.17) is 5.73 Å². The van der Waals surface area contributed by atoms with Crippen molar-refractivity contribution in [3.8, 4) is 11.3 Å². The van der Waals surface area contributed by atoms with Crippen LogP contribution in [0.1, 0.15) is 5.56 Å². The highest BCUT2D eigenvalue weighted by atomic mass is 15.0. The number of nitrogens with two attached hydrogens (primary N) is 1. The molecule has 3 aromatic rings. The van der Waals surface area contributed by atoms with Crippen molar-refractivity contribution in [3.05, 3.63) is 54.4 Å². The number of aryl methyl sites for hydroxylation is 1. The Hall–Kier alpha value is -2.29. The van der Waals surface area contributed by atoms with Gasteiger partial charge in [0.1, 0.15) is 5.65 Å². The molecule has 0 aliphatic carbocycles. The van der Waals surface area contributed by atoms with E-state index < -0.39 is 0 Å². The van der Waals surface area contributed by atoms with Crippen molar-refractivity contribution in [2.75, 3.05) is 5.73 Å². The van der Waals surface area contributed by atoms with Gasteiger partial charge in [0.25, 0.3) is 0 Å². The van der Waals surface area contributed by atoms with Gasteiger partial charge in [-0.1, -0.05) is 18.2 Å². The van der Waals surface area contributed by atoms with Gasteiger partial charge in [-0.15, -0.1) is 0 Å². The van der Waals surface area contributed by atoms with Crippen molar-refractivity contribution < 1.29 is 0 Å². The fourth-order valence-electron chi connectivity index (χ4n) is 1.94. The number of rotatable bonds is 1. The number of nitrogen functional groups attached to an aromatic ring is 1. The maximum absolute atomic E-state index is 5.96. The predicted molar refractivity (Wildman–Crippen MR) is 69.8 cm³/mol. The molecule has 84 valence electrons. The average molecular weight is 223 g/mol. The standard InChI is InChI=1S/C14H13N3/c1-10-6-7-17-9-13(16-14(17)8-10)11-4-2-3-5-12(11)15/h2-9H,15H2,1H3. The van der Waals surface area contributed by atoms with Crippen molar-refractivity contribution in [2.45, 2.75) is 6.92 Å². The fraction of sp³-hybridized carbons (Fsp3) is 0.0714. The van der Waals surface area contributed by atoms with Gasteiger partial charge in [-0.3, -0.25) is 0 Å². The Labute approximate surface area is 99.5 Å². The number of para-hydroxylation sites is 1. The summed E-state index contributed by atoms with van der Waals surface area (Å²) in [5, 5.41) is 0. The number of imidazole rings is 1. The van der Waals surface area contributed by atoms with Crippen LogP contribution in [-0.4, -0.2) is 9.38 Å². The van der Waals surface area contributed by atoms with Crippen LogP contribution in [0.4, 0.5) is 5.69 Å². The van der Waals surface area contributed by atoms with Gasteiger partial charge in [0.2, 0.25) is 0 Å². The highest BCUT2D eigenvalue weighted by molar-refractivity contribution is 5.74. The largest absolute Gasteiger partial charge is 0.398 e. The number of anilines is 1. The summed E-state index contributed by atoms with van der Waals surface area (Å²) in [7, 11) is 0. The second-order valence-electron chi connectivity index (χ2n) is 4.18. The van der Waals surface area contributed by atoms with Crippen molar-refractivity contribution in [2.24, 2.45) is 0 Å². The molecule has 0 bridgehead atoms. The zero-order valence-electron chi connectivity index (χ0n) is 9.59. The lowest BCUT2D eigenvalue weighted by Crippen LogP contribution is -1.88. The van der Waals surface area contributed by atoms with E-state index in [0.717, 1.165) is 22.6 Å². The molecule has 0 saturated heterocycles. The summed E-state index contributed by atoms with van der Waals surface area (Å²) in [5.41, 5.74) is 10.8. The molecule has 2 N–H and O–H groups in total. The molecular weight excluding hydrogens is 210 g/mol. The van der Waals surface area contributed by atoms with Crippen LogP contribution in [0.3, 0.4) is 0 Å². The smallest absolute Gasteiger partial charge is 0.137 e. The van der Waals surface area contributed by atoms with E-state index in [0.29, 0.717) is 0 Å². The quantitative estimate of drug-likeness (QED) is 0.644. The lowest BCUT2D eigenvalue weighted by molar-refractivity contribution is 1.17. The summed E-state index contributed by atoms with van der Waals surface area (Å²) < 4.78 is 2.01. The summed E-state index contributed by atoms with van der Waals surface area (Å²) in [4.78, 5) is 4.59. The van der Waals surface area contributed by atoms with Crippen molar-refractivity contribution in [1.29, 1.82) is 0 Å². The molecule has 0 unspecified atom stereocenters. The van der Waals surface area contributed by atoms with E-state index in [1.165, 1.54) is 5.56 Å². The van der Waals surface area contributed by atoms with Gasteiger partial charge in [-0.05, 0) is 30.7 Å². The second kappa shape index (κ2) is 3.63. The molecule has 0 fully saturated rings. The highest BCUT2D eigenvalue weighted by Crippen LogP contribution is 2.24.